The fourth-order valence-corrected chi connectivity index (χ4v) is 2.21. The van der Waals surface area contributed by atoms with E-state index in [9.17, 15) is 4.79 Å². The van der Waals surface area contributed by atoms with Gasteiger partial charge in [0, 0.05) is 18.3 Å². The maximum Gasteiger partial charge on any atom is 0.170 e. The molecule has 2 aromatic rings. The van der Waals surface area contributed by atoms with E-state index >= 15 is 0 Å². The second-order valence-corrected chi connectivity index (χ2v) is 4.89. The number of aromatic nitrogens is 2. The fourth-order valence-electron chi connectivity index (χ4n) is 1.81. The summed E-state index contributed by atoms with van der Waals surface area (Å²) >= 11 is 11.9. The minimum absolute atomic E-state index is 0.0644. The molecule has 0 radical (unpaired) electrons. The van der Waals surface area contributed by atoms with E-state index in [0.29, 0.717) is 15.6 Å². The van der Waals surface area contributed by atoms with E-state index in [0.717, 1.165) is 11.4 Å². The molecule has 0 atom stereocenters. The number of aryl methyl sites for hydroxylation is 2. The Kier molecular flexibility index (Phi) is 3.73. The van der Waals surface area contributed by atoms with Crippen molar-refractivity contribution in [1.82, 2.24) is 9.78 Å². The summed E-state index contributed by atoms with van der Waals surface area (Å²) in [6.45, 7) is 1.89. The van der Waals surface area contributed by atoms with E-state index in [-0.39, 0.29) is 12.2 Å². The van der Waals surface area contributed by atoms with Crippen LogP contribution >= 0.6 is 23.2 Å². The second-order valence-electron chi connectivity index (χ2n) is 4.10. The third-order valence-corrected chi connectivity index (χ3v) is 3.51. The molecule has 2 rings (SSSR count). The highest BCUT2D eigenvalue weighted by molar-refractivity contribution is 6.43. The first-order chi connectivity index (χ1) is 8.49. The first kappa shape index (κ1) is 13.1. The average molecular weight is 283 g/mol. The van der Waals surface area contributed by atoms with Crippen molar-refractivity contribution in [3.63, 3.8) is 0 Å². The second kappa shape index (κ2) is 5.12. The molecule has 1 aromatic carbocycles. The van der Waals surface area contributed by atoms with E-state index in [2.05, 4.69) is 5.10 Å². The number of nitrogens with zero attached hydrogens (tertiary/aromatic N) is 2. The first-order valence-electron chi connectivity index (χ1n) is 5.45. The predicted molar refractivity (Wildman–Crippen MR) is 72.4 cm³/mol. The molecule has 0 aliphatic rings. The number of halogens is 2. The summed E-state index contributed by atoms with van der Waals surface area (Å²) < 4.78 is 1.70. The van der Waals surface area contributed by atoms with Crippen molar-refractivity contribution in [2.45, 2.75) is 13.3 Å². The van der Waals surface area contributed by atoms with E-state index < -0.39 is 0 Å². The zero-order valence-corrected chi connectivity index (χ0v) is 11.6. The molecule has 0 bridgehead atoms. The lowest BCUT2D eigenvalue weighted by molar-refractivity contribution is 0.0991. The van der Waals surface area contributed by atoms with Crippen LogP contribution in [0.15, 0.2) is 24.3 Å². The van der Waals surface area contributed by atoms with Gasteiger partial charge < -0.3 is 0 Å². The number of benzene rings is 1. The molecule has 0 unspecified atom stereocenters. The van der Waals surface area contributed by atoms with Gasteiger partial charge in [-0.2, -0.15) is 5.10 Å². The Morgan fingerprint density at radius 2 is 2.11 bits per heavy atom. The highest BCUT2D eigenvalue weighted by Crippen LogP contribution is 2.26. The molecule has 1 heterocycles. The van der Waals surface area contributed by atoms with E-state index in [1.807, 2.05) is 20.0 Å². The molecular formula is C13H12Cl2N2O. The van der Waals surface area contributed by atoms with Crippen LogP contribution < -0.4 is 0 Å². The van der Waals surface area contributed by atoms with Crippen LogP contribution in [0.1, 0.15) is 21.7 Å². The molecule has 0 fully saturated rings. The topological polar surface area (TPSA) is 34.9 Å². The van der Waals surface area contributed by atoms with Crippen LogP contribution in [-0.2, 0) is 13.5 Å². The zero-order valence-electron chi connectivity index (χ0n) is 10.1. The van der Waals surface area contributed by atoms with E-state index in [1.54, 1.807) is 22.9 Å². The molecule has 94 valence electrons. The van der Waals surface area contributed by atoms with Crippen molar-refractivity contribution in [2.75, 3.05) is 0 Å². The maximum absolute atomic E-state index is 12.2. The average Bonchev–Trinajstić information content (AvgIpc) is 2.61. The third kappa shape index (κ3) is 2.57. The summed E-state index contributed by atoms with van der Waals surface area (Å²) in [4.78, 5) is 12.2. The largest absolute Gasteiger partial charge is 0.294 e. The normalized spacial score (nSPS) is 10.7. The van der Waals surface area contributed by atoms with Gasteiger partial charge in [0.1, 0.15) is 0 Å². The monoisotopic (exact) mass is 282 g/mol. The van der Waals surface area contributed by atoms with Crippen LogP contribution in [0.3, 0.4) is 0 Å². The molecule has 3 nitrogen and oxygen atoms in total. The summed E-state index contributed by atoms with van der Waals surface area (Å²) in [6, 6.07) is 6.95. The number of Topliss-reactive ketones (excluding diaryl/α,β-unsaturated/α-hetero) is 1. The van der Waals surface area contributed by atoms with Gasteiger partial charge >= 0.3 is 0 Å². The lowest BCUT2D eigenvalue weighted by Crippen LogP contribution is -2.08. The molecule has 0 aliphatic carbocycles. The molecule has 0 aliphatic heterocycles. The van der Waals surface area contributed by atoms with Gasteiger partial charge in [-0.1, -0.05) is 29.3 Å². The van der Waals surface area contributed by atoms with Gasteiger partial charge in [-0.25, -0.2) is 0 Å². The zero-order chi connectivity index (χ0) is 13.3. The van der Waals surface area contributed by atoms with Crippen LogP contribution in [0, 0.1) is 6.92 Å². The standard InChI is InChI=1S/C13H12Cl2N2O/c1-8-6-9(17(2)16-8)7-12(18)10-4-3-5-11(14)13(10)15/h3-6H,7H2,1-2H3. The van der Waals surface area contributed by atoms with Crippen molar-refractivity contribution in [3.05, 3.63) is 51.3 Å². The SMILES string of the molecule is Cc1cc(CC(=O)c2cccc(Cl)c2Cl)n(C)n1. The quantitative estimate of drug-likeness (QED) is 0.808. The van der Waals surface area contributed by atoms with Crippen LogP contribution in [0.5, 0.6) is 0 Å². The smallest absolute Gasteiger partial charge is 0.170 e. The molecule has 0 saturated carbocycles. The van der Waals surface area contributed by atoms with Gasteiger partial charge in [0.2, 0.25) is 0 Å². The van der Waals surface area contributed by atoms with Crippen molar-refractivity contribution in [1.29, 1.82) is 0 Å². The van der Waals surface area contributed by atoms with Crippen LogP contribution in [0.25, 0.3) is 0 Å². The molecule has 5 heteroatoms. The molecule has 0 spiro atoms. The molecule has 0 N–H and O–H groups in total. The molecule has 0 amide bonds. The highest BCUT2D eigenvalue weighted by atomic mass is 35.5. The number of hydrogen-bond acceptors (Lipinski definition) is 2. The van der Waals surface area contributed by atoms with Gasteiger partial charge in [-0.05, 0) is 25.1 Å². The van der Waals surface area contributed by atoms with Crippen molar-refractivity contribution in [2.24, 2.45) is 7.05 Å². The van der Waals surface area contributed by atoms with Gasteiger partial charge in [0.05, 0.1) is 22.2 Å². The Labute approximate surface area is 115 Å². The Balaban J connectivity index is 2.27. The Hall–Kier alpha value is -1.32. The predicted octanol–water partition coefficient (Wildman–Crippen LogP) is 3.46. The van der Waals surface area contributed by atoms with Crippen molar-refractivity contribution >= 4 is 29.0 Å². The first-order valence-corrected chi connectivity index (χ1v) is 6.21. The summed E-state index contributed by atoms with van der Waals surface area (Å²) in [7, 11) is 1.81. The number of rotatable bonds is 3. The van der Waals surface area contributed by atoms with E-state index in [1.165, 1.54) is 0 Å². The molecule has 18 heavy (non-hydrogen) atoms. The van der Waals surface area contributed by atoms with Gasteiger partial charge in [-0.15, -0.1) is 0 Å². The summed E-state index contributed by atoms with van der Waals surface area (Å²) in [6.07, 6.45) is 0.261. The van der Waals surface area contributed by atoms with Crippen molar-refractivity contribution in [3.8, 4) is 0 Å². The Bertz CT molecular complexity index is 605. The van der Waals surface area contributed by atoms with Crippen LogP contribution in [0.2, 0.25) is 10.0 Å². The Morgan fingerprint density at radius 3 is 2.72 bits per heavy atom. The molecular weight excluding hydrogens is 271 g/mol. The fraction of sp³-hybridized carbons (Fsp3) is 0.231. The van der Waals surface area contributed by atoms with Crippen LogP contribution in [0.4, 0.5) is 0 Å². The van der Waals surface area contributed by atoms with E-state index in [4.69, 9.17) is 23.2 Å². The number of hydrogen-bond donors (Lipinski definition) is 0. The lowest BCUT2D eigenvalue weighted by Gasteiger charge is -2.05. The van der Waals surface area contributed by atoms with Crippen LogP contribution in [-0.4, -0.2) is 15.6 Å². The maximum atomic E-state index is 12.2. The summed E-state index contributed by atoms with van der Waals surface area (Å²) in [5.74, 6) is -0.0644. The van der Waals surface area contributed by atoms with Gasteiger partial charge in [-0.3, -0.25) is 9.48 Å². The minimum Gasteiger partial charge on any atom is -0.294 e. The highest BCUT2D eigenvalue weighted by Gasteiger charge is 2.15. The van der Waals surface area contributed by atoms with Gasteiger partial charge in [0.15, 0.2) is 5.78 Å². The van der Waals surface area contributed by atoms with Gasteiger partial charge in [0.25, 0.3) is 0 Å². The number of ketones is 1. The number of carbonyl (C=O) groups excluding carboxylic acids is 1. The minimum atomic E-state index is -0.0644. The molecule has 1 aromatic heterocycles. The Morgan fingerprint density at radius 1 is 1.39 bits per heavy atom. The summed E-state index contributed by atoms with van der Waals surface area (Å²) in [5, 5.41) is 4.90. The third-order valence-electron chi connectivity index (χ3n) is 2.69. The van der Waals surface area contributed by atoms with Crippen molar-refractivity contribution < 1.29 is 4.79 Å². The molecule has 0 saturated heterocycles. The lowest BCUT2D eigenvalue weighted by atomic mass is 10.1. The number of carbonyl (C=O) groups is 1. The summed E-state index contributed by atoms with van der Waals surface area (Å²) in [5.41, 5.74) is 2.19.